The molecule has 2 N–H and O–H groups in total. The van der Waals surface area contributed by atoms with E-state index < -0.39 is 0 Å². The summed E-state index contributed by atoms with van der Waals surface area (Å²) in [6.07, 6.45) is 6.76. The van der Waals surface area contributed by atoms with Crippen LogP contribution in [0.4, 0.5) is 0 Å². The summed E-state index contributed by atoms with van der Waals surface area (Å²) in [6, 6.07) is 0. The number of hydrogen-bond acceptors (Lipinski definition) is 3. The van der Waals surface area contributed by atoms with Gasteiger partial charge in [0, 0.05) is 31.6 Å². The first kappa shape index (κ1) is 13.5. The Morgan fingerprint density at radius 1 is 1.38 bits per heavy atom. The van der Waals surface area contributed by atoms with Crippen molar-refractivity contribution in [2.75, 3.05) is 45.8 Å². The van der Waals surface area contributed by atoms with E-state index in [2.05, 4.69) is 24.6 Å². The van der Waals surface area contributed by atoms with Crippen LogP contribution in [0.3, 0.4) is 0 Å². The van der Waals surface area contributed by atoms with Gasteiger partial charge in [-0.1, -0.05) is 0 Å². The van der Waals surface area contributed by atoms with Crippen LogP contribution in [0.5, 0.6) is 0 Å². The molecule has 0 aromatic rings. The van der Waals surface area contributed by atoms with Gasteiger partial charge < -0.3 is 15.4 Å². The Bertz CT molecular complexity index is 268. The van der Waals surface area contributed by atoms with Crippen molar-refractivity contribution in [1.82, 2.24) is 4.90 Å². The summed E-state index contributed by atoms with van der Waals surface area (Å²) in [4.78, 5) is 2.44. The van der Waals surface area contributed by atoms with E-state index in [1.165, 1.54) is 31.1 Å². The van der Waals surface area contributed by atoms with Gasteiger partial charge in [0.1, 0.15) is 0 Å². The van der Waals surface area contributed by atoms with Gasteiger partial charge in [-0.05, 0) is 38.1 Å². The highest BCUT2D eigenvalue weighted by Crippen LogP contribution is 2.33. The molecule has 3 nitrogen and oxygen atoms in total. The fourth-order valence-electron chi connectivity index (χ4n) is 1.71. The Morgan fingerprint density at radius 2 is 2.00 bits per heavy atom. The van der Waals surface area contributed by atoms with Crippen LogP contribution in [0.2, 0.25) is 0 Å². The third-order valence-electron chi connectivity index (χ3n) is 2.85. The summed E-state index contributed by atoms with van der Waals surface area (Å²) in [7, 11) is 1.96. The lowest BCUT2D eigenvalue weighted by Crippen LogP contribution is -2.31. The molecule has 0 aromatic carbocycles. The van der Waals surface area contributed by atoms with Gasteiger partial charge in [0.2, 0.25) is 0 Å². The zero-order valence-corrected chi connectivity index (χ0v) is 11.5. The molecule has 4 heteroatoms. The number of methoxy groups -OCH3 is 1. The molecule has 16 heavy (non-hydrogen) atoms. The third kappa shape index (κ3) is 4.54. The lowest BCUT2D eigenvalue weighted by Gasteiger charge is -2.32. The average Bonchev–Trinajstić information content (AvgIpc) is 2.27. The number of rotatable bonds is 4. The normalized spacial score (nSPS) is 20.3. The molecule has 1 aliphatic heterocycles. The summed E-state index contributed by atoms with van der Waals surface area (Å²) < 4.78 is 4.96. The van der Waals surface area contributed by atoms with Crippen LogP contribution in [-0.4, -0.2) is 50.7 Å². The number of nitrogens with two attached hydrogens (primary N) is 1. The van der Waals surface area contributed by atoms with Crippen molar-refractivity contribution in [1.29, 1.82) is 0 Å². The first-order valence-electron chi connectivity index (χ1n) is 5.69. The van der Waals surface area contributed by atoms with E-state index in [4.69, 9.17) is 10.5 Å². The molecule has 0 amide bonds. The first-order chi connectivity index (χ1) is 7.63. The van der Waals surface area contributed by atoms with Crippen molar-refractivity contribution < 1.29 is 4.74 Å². The van der Waals surface area contributed by atoms with E-state index in [9.17, 15) is 0 Å². The quantitative estimate of drug-likeness (QED) is 0.603. The van der Waals surface area contributed by atoms with Gasteiger partial charge >= 0.3 is 0 Å². The van der Waals surface area contributed by atoms with E-state index in [0.29, 0.717) is 14.5 Å². The summed E-state index contributed by atoms with van der Waals surface area (Å²) in [6.45, 7) is 7.44. The van der Waals surface area contributed by atoms with E-state index >= 15 is 0 Å². The third-order valence-corrected chi connectivity index (χ3v) is 4.78. The molecule has 92 valence electrons. The zero-order valence-electron chi connectivity index (χ0n) is 10.6. The predicted octanol–water partition coefficient (Wildman–Crippen LogP) is 1.81. The number of hydrogen-bond donors (Lipinski definition) is 1. The maximum atomic E-state index is 5.76. The van der Waals surface area contributed by atoms with Crippen LogP contribution in [0.15, 0.2) is 23.5 Å². The molecular formula is C12H23N2OP. The zero-order chi connectivity index (χ0) is 12.0. The van der Waals surface area contributed by atoms with Gasteiger partial charge in [0.05, 0.1) is 6.61 Å². The SMILES string of the molecule is COC/C(N)=C\C=C(/C)N1CCP(C)CC1. The molecule has 1 saturated heterocycles. The minimum atomic E-state index is 0.301. The van der Waals surface area contributed by atoms with Gasteiger partial charge in [-0.25, -0.2) is 0 Å². The summed E-state index contributed by atoms with van der Waals surface area (Å²) in [5, 5.41) is 0. The van der Waals surface area contributed by atoms with Gasteiger partial charge in [-0.15, -0.1) is 7.92 Å². The summed E-state index contributed by atoms with van der Waals surface area (Å²) >= 11 is 0. The Labute approximate surface area is 100 Å². The standard InChI is InChI=1S/C12H23N2OP/c1-11(4-5-12(13)10-15-2)14-6-8-16(3)9-7-14/h4-5H,6-10,13H2,1-3H3/b11-4+,12-5+. The highest BCUT2D eigenvalue weighted by molar-refractivity contribution is 7.56. The van der Waals surface area contributed by atoms with Gasteiger partial charge in [-0.3, -0.25) is 0 Å². The van der Waals surface area contributed by atoms with Crippen LogP contribution < -0.4 is 5.73 Å². The molecule has 1 aliphatic rings. The van der Waals surface area contributed by atoms with Crippen molar-refractivity contribution in [3.63, 3.8) is 0 Å². The first-order valence-corrected chi connectivity index (χ1v) is 7.84. The number of ether oxygens (including phenoxy) is 1. The van der Waals surface area contributed by atoms with E-state index in [-0.39, 0.29) is 0 Å². The van der Waals surface area contributed by atoms with Crippen molar-refractivity contribution in [2.24, 2.45) is 5.73 Å². The molecule has 0 atom stereocenters. The number of allylic oxidation sites excluding steroid dienone is 3. The Balaban J connectivity index is 2.47. The molecule has 1 rings (SSSR count). The molecule has 0 radical (unpaired) electrons. The molecule has 0 aromatic heterocycles. The minimum absolute atomic E-state index is 0.301. The molecule has 1 heterocycles. The summed E-state index contributed by atoms with van der Waals surface area (Å²) in [5.41, 5.74) is 7.84. The Morgan fingerprint density at radius 3 is 2.56 bits per heavy atom. The van der Waals surface area contributed by atoms with Crippen LogP contribution in [-0.2, 0) is 4.74 Å². The molecule has 0 bridgehead atoms. The van der Waals surface area contributed by atoms with Crippen LogP contribution in [0, 0.1) is 0 Å². The van der Waals surface area contributed by atoms with Crippen molar-refractivity contribution >= 4 is 7.92 Å². The van der Waals surface area contributed by atoms with Crippen LogP contribution >= 0.6 is 7.92 Å². The second-order valence-electron chi connectivity index (χ2n) is 4.27. The lowest BCUT2D eigenvalue weighted by molar-refractivity contribution is 0.225. The van der Waals surface area contributed by atoms with Crippen molar-refractivity contribution in [3.8, 4) is 0 Å². The maximum absolute atomic E-state index is 5.76. The molecule has 0 unspecified atom stereocenters. The van der Waals surface area contributed by atoms with Gasteiger partial charge in [-0.2, -0.15) is 0 Å². The van der Waals surface area contributed by atoms with E-state index in [1.54, 1.807) is 7.11 Å². The minimum Gasteiger partial charge on any atom is -0.400 e. The smallest absolute Gasteiger partial charge is 0.0856 e. The molecule has 0 aliphatic carbocycles. The van der Waals surface area contributed by atoms with Crippen LogP contribution in [0.25, 0.3) is 0 Å². The fraction of sp³-hybridized carbons (Fsp3) is 0.667. The van der Waals surface area contributed by atoms with Crippen LogP contribution in [0.1, 0.15) is 6.92 Å². The highest BCUT2D eigenvalue weighted by atomic mass is 31.1. The molecule has 0 spiro atoms. The highest BCUT2D eigenvalue weighted by Gasteiger charge is 2.14. The topological polar surface area (TPSA) is 38.5 Å². The van der Waals surface area contributed by atoms with Gasteiger partial charge in [0.15, 0.2) is 0 Å². The Kier molecular flexibility index (Phi) is 5.86. The molecule has 0 saturated carbocycles. The maximum Gasteiger partial charge on any atom is 0.0856 e. The number of nitrogens with zero attached hydrogens (tertiary/aromatic N) is 1. The van der Waals surface area contributed by atoms with E-state index in [0.717, 1.165) is 5.70 Å². The molecular weight excluding hydrogens is 219 g/mol. The second-order valence-corrected chi connectivity index (χ2v) is 6.88. The van der Waals surface area contributed by atoms with Crippen molar-refractivity contribution in [3.05, 3.63) is 23.5 Å². The largest absolute Gasteiger partial charge is 0.400 e. The predicted molar refractivity (Wildman–Crippen MR) is 72.1 cm³/mol. The fourth-order valence-corrected chi connectivity index (χ4v) is 3.10. The van der Waals surface area contributed by atoms with Crippen molar-refractivity contribution in [2.45, 2.75) is 6.92 Å². The average molecular weight is 242 g/mol. The second kappa shape index (κ2) is 6.93. The summed E-state index contributed by atoms with van der Waals surface area (Å²) in [5.74, 6) is 0. The Hall–Kier alpha value is -0.530. The lowest BCUT2D eigenvalue weighted by atomic mass is 10.3. The monoisotopic (exact) mass is 242 g/mol. The molecule has 1 fully saturated rings. The van der Waals surface area contributed by atoms with Gasteiger partial charge in [0.25, 0.3) is 0 Å². The van der Waals surface area contributed by atoms with E-state index in [1.807, 2.05) is 6.08 Å².